The van der Waals surface area contributed by atoms with Gasteiger partial charge in [-0.2, -0.15) is 0 Å². The third-order valence-corrected chi connectivity index (χ3v) is 6.87. The summed E-state index contributed by atoms with van der Waals surface area (Å²) in [6.45, 7) is 2.12. The first kappa shape index (κ1) is 22.1. The van der Waals surface area contributed by atoms with Gasteiger partial charge in [-0.15, -0.1) is 0 Å². The van der Waals surface area contributed by atoms with Crippen LogP contribution in [0.25, 0.3) is 49.8 Å². The van der Waals surface area contributed by atoms with E-state index in [2.05, 4.69) is 134 Å². The molecule has 1 nitrogen and oxygen atoms in total. The van der Waals surface area contributed by atoms with Gasteiger partial charge in [0.05, 0.1) is 0 Å². The second kappa shape index (κ2) is 9.71. The van der Waals surface area contributed by atoms with Crippen LogP contribution < -0.4 is 0 Å². The molecule has 0 radical (unpaired) electrons. The van der Waals surface area contributed by atoms with Gasteiger partial charge in [0.15, 0.2) is 0 Å². The largest absolute Gasteiger partial charge is 0.456 e. The van der Waals surface area contributed by atoms with Crippen LogP contribution in [0.4, 0.5) is 0 Å². The van der Waals surface area contributed by atoms with Gasteiger partial charge >= 0.3 is 0 Å². The Labute approximate surface area is 212 Å². The first-order chi connectivity index (χ1) is 17.7. The summed E-state index contributed by atoms with van der Waals surface area (Å²) < 4.78 is 6.20. The van der Waals surface area contributed by atoms with Crippen LogP contribution in [0.1, 0.15) is 24.0 Å². The number of furan rings is 1. The van der Waals surface area contributed by atoms with E-state index in [0.29, 0.717) is 0 Å². The highest BCUT2D eigenvalue weighted by molar-refractivity contribution is 6.07. The molecule has 1 aliphatic carbocycles. The fourth-order valence-corrected chi connectivity index (χ4v) is 4.81. The molecule has 1 aromatic heterocycles. The Morgan fingerprint density at radius 1 is 0.528 bits per heavy atom. The van der Waals surface area contributed by atoms with E-state index in [1.54, 1.807) is 0 Å². The zero-order valence-corrected chi connectivity index (χ0v) is 20.4. The Bertz CT molecular complexity index is 1650. The van der Waals surface area contributed by atoms with Crippen molar-refractivity contribution >= 4 is 27.5 Å². The van der Waals surface area contributed by atoms with Crippen molar-refractivity contribution in [2.75, 3.05) is 0 Å². The minimum Gasteiger partial charge on any atom is -0.456 e. The van der Waals surface area contributed by atoms with E-state index in [4.69, 9.17) is 4.42 Å². The van der Waals surface area contributed by atoms with Crippen LogP contribution in [0.2, 0.25) is 0 Å². The monoisotopic (exact) mass is 464 g/mol. The van der Waals surface area contributed by atoms with E-state index >= 15 is 0 Å². The summed E-state index contributed by atoms with van der Waals surface area (Å²) >= 11 is 0. The normalized spacial score (nSPS) is 18.0. The number of hydrogen-bond acceptors (Lipinski definition) is 1. The quantitative estimate of drug-likeness (QED) is 0.259. The Morgan fingerprint density at radius 2 is 1.06 bits per heavy atom. The second-order valence-corrected chi connectivity index (χ2v) is 9.38. The van der Waals surface area contributed by atoms with Crippen molar-refractivity contribution in [1.29, 1.82) is 0 Å². The molecule has 4 aromatic carbocycles. The molecule has 174 valence electrons. The van der Waals surface area contributed by atoms with Gasteiger partial charge in [0.1, 0.15) is 11.2 Å². The van der Waals surface area contributed by atoms with E-state index in [1.807, 2.05) is 0 Å². The Hall–Kier alpha value is -4.36. The molecule has 0 aliphatic heterocycles. The predicted molar refractivity (Wildman–Crippen MR) is 154 cm³/mol. The molecule has 6 rings (SSSR count). The van der Waals surface area contributed by atoms with Gasteiger partial charge in [-0.05, 0) is 77.4 Å². The van der Waals surface area contributed by atoms with Crippen molar-refractivity contribution < 1.29 is 4.42 Å². The molecule has 0 bridgehead atoms. The van der Waals surface area contributed by atoms with Crippen LogP contribution >= 0.6 is 0 Å². The first-order valence-electron chi connectivity index (χ1n) is 12.6. The fourth-order valence-electron chi connectivity index (χ4n) is 4.81. The van der Waals surface area contributed by atoms with Crippen molar-refractivity contribution in [1.82, 2.24) is 0 Å². The molecule has 36 heavy (non-hydrogen) atoms. The molecule has 0 spiro atoms. The van der Waals surface area contributed by atoms with Crippen molar-refractivity contribution in [3.63, 3.8) is 0 Å². The van der Waals surface area contributed by atoms with Crippen LogP contribution in [0.15, 0.2) is 132 Å². The molecule has 1 aliphatic rings. The highest BCUT2D eigenvalue weighted by atomic mass is 16.3. The smallest absolute Gasteiger partial charge is 0.135 e. The van der Waals surface area contributed by atoms with Gasteiger partial charge in [-0.3, -0.25) is 0 Å². The molecule has 0 amide bonds. The topological polar surface area (TPSA) is 13.1 Å². The summed E-state index contributed by atoms with van der Waals surface area (Å²) in [6.07, 6.45) is 17.1. The van der Waals surface area contributed by atoms with Gasteiger partial charge in [-0.1, -0.05) is 109 Å². The summed E-state index contributed by atoms with van der Waals surface area (Å²) in [7, 11) is 0. The molecule has 0 N–H and O–H groups in total. The third-order valence-electron chi connectivity index (χ3n) is 6.87. The number of rotatable bonds is 3. The molecule has 0 atom stereocenters. The van der Waals surface area contributed by atoms with Gasteiger partial charge in [0, 0.05) is 10.8 Å². The van der Waals surface area contributed by atoms with Crippen molar-refractivity contribution in [3.05, 3.63) is 139 Å². The minimum absolute atomic E-state index is 0.897. The molecule has 0 saturated heterocycles. The van der Waals surface area contributed by atoms with E-state index in [1.165, 1.54) is 39.0 Å². The third kappa shape index (κ3) is 4.48. The lowest BCUT2D eigenvalue weighted by Gasteiger charge is -2.07. The zero-order chi connectivity index (χ0) is 24.3. The number of hydrogen-bond donors (Lipinski definition) is 0. The van der Waals surface area contributed by atoms with Crippen LogP contribution in [0.5, 0.6) is 0 Å². The van der Waals surface area contributed by atoms with Crippen LogP contribution in [0.3, 0.4) is 0 Å². The van der Waals surface area contributed by atoms with Crippen molar-refractivity contribution in [2.45, 2.75) is 19.8 Å². The lowest BCUT2D eigenvalue weighted by Crippen LogP contribution is -1.84. The van der Waals surface area contributed by atoms with Crippen LogP contribution in [0, 0.1) is 6.92 Å². The fraction of sp³-hybridized carbons (Fsp3) is 0.0857. The van der Waals surface area contributed by atoms with Gasteiger partial charge < -0.3 is 4.42 Å². The molecule has 1 heterocycles. The Balaban J connectivity index is 1.37. The van der Waals surface area contributed by atoms with E-state index < -0.39 is 0 Å². The van der Waals surface area contributed by atoms with Crippen LogP contribution in [-0.4, -0.2) is 0 Å². The highest BCUT2D eigenvalue weighted by Gasteiger charge is 2.11. The number of allylic oxidation sites excluding steroid dienone is 8. The molecule has 0 fully saturated rings. The average Bonchev–Trinajstić information content (AvgIpc) is 3.29. The van der Waals surface area contributed by atoms with Gasteiger partial charge in [0.2, 0.25) is 0 Å². The number of fused-ring (bicyclic) bond motifs is 3. The maximum Gasteiger partial charge on any atom is 0.135 e. The lowest BCUT2D eigenvalue weighted by atomic mass is 9.97. The summed E-state index contributed by atoms with van der Waals surface area (Å²) in [5, 5.41) is 2.31. The number of aryl methyl sites for hydroxylation is 1. The number of benzene rings is 4. The summed E-state index contributed by atoms with van der Waals surface area (Å²) in [5.41, 5.74) is 10.5. The van der Waals surface area contributed by atoms with Crippen molar-refractivity contribution in [2.24, 2.45) is 0 Å². The average molecular weight is 465 g/mol. The van der Waals surface area contributed by atoms with Gasteiger partial charge in [0.25, 0.3) is 0 Å². The molecule has 0 unspecified atom stereocenters. The van der Waals surface area contributed by atoms with E-state index in [-0.39, 0.29) is 0 Å². The molecule has 1 heteroatoms. The summed E-state index contributed by atoms with van der Waals surface area (Å²) in [5.74, 6) is 0. The molecular formula is C35H28O. The lowest BCUT2D eigenvalue weighted by molar-refractivity contribution is 0.669. The van der Waals surface area contributed by atoms with E-state index in [9.17, 15) is 0 Å². The molecular weight excluding hydrogens is 436 g/mol. The predicted octanol–water partition coefficient (Wildman–Crippen LogP) is 10.1. The molecule has 0 saturated carbocycles. The summed E-state index contributed by atoms with van der Waals surface area (Å²) in [4.78, 5) is 0. The first-order valence-corrected chi connectivity index (χ1v) is 12.6. The maximum atomic E-state index is 6.20. The SMILES string of the molecule is Cc1ccc(-c2ccc(-c3ccc4oc5ccc(/C6=C/C=C\C/C=C\C=C/C6)cc5c4c3)cc2)cc1. The standard InChI is InChI=1S/C35H28O/c1-25-11-13-27(14-12-25)28-15-17-29(18-16-28)31-20-22-35-33(24-31)32-23-30(19-21-34(32)36-35)26-9-7-5-3-2-4-6-8-10-26/h2-3,5-8,10-24H,4,9H2,1H3/b3-2-,7-5-,8-6-,26-10+. The highest BCUT2D eigenvalue weighted by Crippen LogP contribution is 2.35. The Morgan fingerprint density at radius 3 is 1.78 bits per heavy atom. The maximum absolute atomic E-state index is 6.20. The Kier molecular flexibility index (Phi) is 5.97. The van der Waals surface area contributed by atoms with Gasteiger partial charge in [-0.25, -0.2) is 0 Å². The zero-order valence-electron chi connectivity index (χ0n) is 20.4. The van der Waals surface area contributed by atoms with Crippen molar-refractivity contribution in [3.8, 4) is 22.3 Å². The summed E-state index contributed by atoms with van der Waals surface area (Å²) in [6, 6.07) is 30.6. The minimum atomic E-state index is 0.897. The van der Waals surface area contributed by atoms with Crippen LogP contribution in [-0.2, 0) is 0 Å². The molecule has 5 aromatic rings. The second-order valence-electron chi connectivity index (χ2n) is 9.38. The van der Waals surface area contributed by atoms with E-state index in [0.717, 1.165) is 34.8 Å².